The van der Waals surface area contributed by atoms with E-state index in [4.69, 9.17) is 34.8 Å². The molecule has 3 heteroatoms. The lowest BCUT2D eigenvalue weighted by molar-refractivity contribution is 0.791. The second-order valence-electron chi connectivity index (χ2n) is 3.37. The van der Waals surface area contributed by atoms with Crippen LogP contribution in [0.25, 0.3) is 0 Å². The molecule has 1 aromatic rings. The van der Waals surface area contributed by atoms with Crippen LogP contribution < -0.4 is 0 Å². The molecule has 0 fully saturated rings. The van der Waals surface area contributed by atoms with Crippen molar-refractivity contribution in [1.29, 1.82) is 0 Å². The summed E-state index contributed by atoms with van der Waals surface area (Å²) in [5.41, 5.74) is 2.25. The summed E-state index contributed by atoms with van der Waals surface area (Å²) in [4.78, 5) is 0. The molecule has 0 saturated heterocycles. The Morgan fingerprint density at radius 2 is 1.79 bits per heavy atom. The van der Waals surface area contributed by atoms with Crippen molar-refractivity contribution in [2.24, 2.45) is 0 Å². The summed E-state index contributed by atoms with van der Waals surface area (Å²) in [5.74, 6) is 0. The van der Waals surface area contributed by atoms with E-state index in [0.717, 1.165) is 24.8 Å². The molecule has 0 atom stereocenters. The van der Waals surface area contributed by atoms with E-state index in [1.165, 1.54) is 5.56 Å². The maximum absolute atomic E-state index is 6.05. The zero-order valence-corrected chi connectivity index (χ0v) is 10.6. The van der Waals surface area contributed by atoms with E-state index in [2.05, 4.69) is 6.92 Å². The molecular weight excluding hydrogens is 238 g/mol. The molecule has 0 bridgehead atoms. The molecule has 14 heavy (non-hydrogen) atoms. The van der Waals surface area contributed by atoms with Crippen LogP contribution in [0, 0.1) is 6.92 Å². The van der Waals surface area contributed by atoms with Gasteiger partial charge in [0.15, 0.2) is 0 Å². The minimum Gasteiger partial charge on any atom is -0.0826 e. The number of rotatable bonds is 3. The van der Waals surface area contributed by atoms with E-state index >= 15 is 0 Å². The highest BCUT2D eigenvalue weighted by Gasteiger charge is 2.10. The zero-order chi connectivity index (χ0) is 10.7. The van der Waals surface area contributed by atoms with E-state index in [1.54, 1.807) is 0 Å². The van der Waals surface area contributed by atoms with Gasteiger partial charge in [-0.25, -0.2) is 0 Å². The fourth-order valence-electron chi connectivity index (χ4n) is 1.36. The van der Waals surface area contributed by atoms with Gasteiger partial charge in [-0.2, -0.15) is 0 Å². The Balaban J connectivity index is 3.06. The van der Waals surface area contributed by atoms with E-state index in [1.807, 2.05) is 13.0 Å². The molecule has 0 aliphatic carbocycles. The summed E-state index contributed by atoms with van der Waals surface area (Å²) in [7, 11) is 0. The number of aryl methyl sites for hydroxylation is 1. The van der Waals surface area contributed by atoms with E-state index < -0.39 is 0 Å². The fourth-order valence-corrected chi connectivity index (χ4v) is 2.06. The Labute approximate surface area is 100 Å². The third-order valence-electron chi connectivity index (χ3n) is 2.31. The average Bonchev–Trinajstić information content (AvgIpc) is 2.18. The lowest BCUT2D eigenvalue weighted by atomic mass is 10.0. The van der Waals surface area contributed by atoms with Gasteiger partial charge in [-0.05, 0) is 37.0 Å². The van der Waals surface area contributed by atoms with Crippen LogP contribution in [0.4, 0.5) is 0 Å². The summed E-state index contributed by atoms with van der Waals surface area (Å²) in [6.45, 7) is 4.14. The van der Waals surface area contributed by atoms with Gasteiger partial charge in [0, 0.05) is 0 Å². The van der Waals surface area contributed by atoms with Gasteiger partial charge in [0.05, 0.1) is 15.1 Å². The van der Waals surface area contributed by atoms with Gasteiger partial charge < -0.3 is 0 Å². The van der Waals surface area contributed by atoms with Crippen molar-refractivity contribution in [2.45, 2.75) is 33.1 Å². The highest BCUT2D eigenvalue weighted by molar-refractivity contribution is 6.48. The Bertz CT molecular complexity index is 332. The molecule has 78 valence electrons. The fraction of sp³-hybridized carbons (Fsp3) is 0.455. The molecule has 0 unspecified atom stereocenters. The van der Waals surface area contributed by atoms with Crippen molar-refractivity contribution in [2.75, 3.05) is 0 Å². The Hall–Kier alpha value is 0.0900. The number of hydrogen-bond donors (Lipinski definition) is 0. The van der Waals surface area contributed by atoms with Gasteiger partial charge >= 0.3 is 0 Å². The average molecular weight is 252 g/mol. The van der Waals surface area contributed by atoms with E-state index in [0.29, 0.717) is 15.1 Å². The molecule has 0 aliphatic rings. The van der Waals surface area contributed by atoms with Crippen LogP contribution in [0.5, 0.6) is 0 Å². The first-order chi connectivity index (χ1) is 6.57. The Kier molecular flexibility index (Phi) is 4.56. The lowest BCUT2D eigenvalue weighted by Gasteiger charge is -2.10. The van der Waals surface area contributed by atoms with Gasteiger partial charge in [-0.15, -0.1) is 0 Å². The molecule has 0 aromatic heterocycles. The number of hydrogen-bond acceptors (Lipinski definition) is 0. The summed E-state index contributed by atoms with van der Waals surface area (Å²) < 4.78 is 0. The first-order valence-corrected chi connectivity index (χ1v) is 5.84. The molecule has 1 aromatic carbocycles. The third kappa shape index (κ3) is 2.56. The molecule has 0 spiro atoms. The summed E-state index contributed by atoms with van der Waals surface area (Å²) in [6, 6.07) is 1.92. The molecule has 1 rings (SSSR count). The minimum absolute atomic E-state index is 0.464. The topological polar surface area (TPSA) is 0 Å². The van der Waals surface area contributed by atoms with Crippen LogP contribution in [0.2, 0.25) is 15.1 Å². The smallest absolute Gasteiger partial charge is 0.0781 e. The van der Waals surface area contributed by atoms with Gasteiger partial charge in [0.1, 0.15) is 0 Å². The second kappa shape index (κ2) is 5.25. The molecule has 0 saturated carbocycles. The number of unbranched alkanes of at least 4 members (excludes halogenated alkanes) is 1. The van der Waals surface area contributed by atoms with Crippen LogP contribution in [0.1, 0.15) is 30.9 Å². The molecule has 0 nitrogen and oxygen atoms in total. The molecule has 0 N–H and O–H groups in total. The standard InChI is InChI=1S/C11H13Cl3/c1-3-4-5-8-6-9(12)11(14)10(13)7(8)2/h6H,3-5H2,1-2H3. The first kappa shape index (κ1) is 12.2. The normalized spacial score (nSPS) is 10.6. The maximum Gasteiger partial charge on any atom is 0.0781 e. The highest BCUT2D eigenvalue weighted by atomic mass is 35.5. The zero-order valence-electron chi connectivity index (χ0n) is 8.33. The van der Waals surface area contributed by atoms with Crippen LogP contribution >= 0.6 is 34.8 Å². The Morgan fingerprint density at radius 3 is 2.36 bits per heavy atom. The van der Waals surface area contributed by atoms with Gasteiger partial charge in [-0.3, -0.25) is 0 Å². The monoisotopic (exact) mass is 250 g/mol. The lowest BCUT2D eigenvalue weighted by Crippen LogP contribution is -1.92. The first-order valence-electron chi connectivity index (χ1n) is 4.70. The van der Waals surface area contributed by atoms with Crippen molar-refractivity contribution in [3.8, 4) is 0 Å². The van der Waals surface area contributed by atoms with Gasteiger partial charge in [0.2, 0.25) is 0 Å². The largest absolute Gasteiger partial charge is 0.0826 e. The van der Waals surface area contributed by atoms with Gasteiger partial charge in [0.25, 0.3) is 0 Å². The van der Waals surface area contributed by atoms with Crippen LogP contribution in [0.15, 0.2) is 6.07 Å². The van der Waals surface area contributed by atoms with E-state index in [-0.39, 0.29) is 0 Å². The second-order valence-corrected chi connectivity index (χ2v) is 4.54. The van der Waals surface area contributed by atoms with Crippen LogP contribution in [-0.2, 0) is 6.42 Å². The summed E-state index contributed by atoms with van der Waals surface area (Å²) in [6.07, 6.45) is 3.32. The molecular formula is C11H13Cl3. The Morgan fingerprint density at radius 1 is 1.14 bits per heavy atom. The number of benzene rings is 1. The van der Waals surface area contributed by atoms with Crippen LogP contribution in [0.3, 0.4) is 0 Å². The molecule has 0 amide bonds. The highest BCUT2D eigenvalue weighted by Crippen LogP contribution is 2.35. The SMILES string of the molecule is CCCCc1cc(Cl)c(Cl)c(Cl)c1C. The van der Waals surface area contributed by atoms with Crippen molar-refractivity contribution < 1.29 is 0 Å². The molecule has 0 aliphatic heterocycles. The molecule has 0 heterocycles. The predicted octanol–water partition coefficient (Wildman–Crippen LogP) is 5.30. The van der Waals surface area contributed by atoms with E-state index in [9.17, 15) is 0 Å². The van der Waals surface area contributed by atoms with Crippen molar-refractivity contribution >= 4 is 34.8 Å². The van der Waals surface area contributed by atoms with Gasteiger partial charge in [-0.1, -0.05) is 48.1 Å². The van der Waals surface area contributed by atoms with Crippen LogP contribution in [-0.4, -0.2) is 0 Å². The predicted molar refractivity (Wildman–Crippen MR) is 64.8 cm³/mol. The van der Waals surface area contributed by atoms with Crippen molar-refractivity contribution in [1.82, 2.24) is 0 Å². The third-order valence-corrected chi connectivity index (χ3v) is 3.67. The van der Waals surface area contributed by atoms with Crippen molar-refractivity contribution in [3.63, 3.8) is 0 Å². The maximum atomic E-state index is 6.05. The summed E-state index contributed by atoms with van der Waals surface area (Å²) >= 11 is 17.9. The van der Waals surface area contributed by atoms with Crippen molar-refractivity contribution in [3.05, 3.63) is 32.3 Å². The quantitative estimate of drug-likeness (QED) is 0.640. The minimum atomic E-state index is 0.464. The molecule has 0 radical (unpaired) electrons. The number of halogens is 3. The summed E-state index contributed by atoms with van der Waals surface area (Å²) in [5, 5.41) is 1.60.